The van der Waals surface area contributed by atoms with E-state index in [-0.39, 0.29) is 5.56 Å². The van der Waals surface area contributed by atoms with E-state index in [9.17, 15) is 13.9 Å². The molecule has 1 N–H and O–H groups in total. The molecule has 0 fully saturated rings. The van der Waals surface area contributed by atoms with E-state index >= 15 is 0 Å². The molecule has 18 heavy (non-hydrogen) atoms. The molecule has 3 heteroatoms. The van der Waals surface area contributed by atoms with Gasteiger partial charge in [-0.3, -0.25) is 0 Å². The number of hydrogen-bond donors (Lipinski definition) is 1. The molecule has 0 heterocycles. The Morgan fingerprint density at radius 3 is 2.50 bits per heavy atom. The Bertz CT molecular complexity index is 609. The first-order valence-corrected chi connectivity index (χ1v) is 5.88. The fourth-order valence-electron chi connectivity index (χ4n) is 2.69. The van der Waals surface area contributed by atoms with Crippen LogP contribution in [0.1, 0.15) is 23.1 Å². The van der Waals surface area contributed by atoms with Gasteiger partial charge in [0.1, 0.15) is 5.60 Å². The normalized spacial score (nSPS) is 21.9. The minimum absolute atomic E-state index is 0.0208. The second-order valence-corrected chi connectivity index (χ2v) is 4.62. The number of aliphatic hydroxyl groups is 1. The highest BCUT2D eigenvalue weighted by Gasteiger charge is 2.40. The molecule has 1 nitrogen and oxygen atoms in total. The van der Waals surface area contributed by atoms with Crippen LogP contribution in [0.4, 0.5) is 8.78 Å². The van der Waals surface area contributed by atoms with Crippen molar-refractivity contribution in [3.8, 4) is 0 Å². The number of halogens is 2. The third-order valence-corrected chi connectivity index (χ3v) is 3.62. The van der Waals surface area contributed by atoms with Crippen molar-refractivity contribution in [2.75, 3.05) is 0 Å². The highest BCUT2D eigenvalue weighted by Crippen LogP contribution is 2.42. The van der Waals surface area contributed by atoms with Crippen LogP contribution in [0, 0.1) is 11.6 Å². The predicted molar refractivity (Wildman–Crippen MR) is 64.1 cm³/mol. The zero-order valence-electron chi connectivity index (χ0n) is 9.66. The monoisotopic (exact) mass is 246 g/mol. The Morgan fingerprint density at radius 1 is 0.944 bits per heavy atom. The quantitative estimate of drug-likeness (QED) is 0.819. The molecule has 0 saturated carbocycles. The SMILES string of the molecule is OC1(c2cccc(F)c2F)CCc2ccccc21. The lowest BCUT2D eigenvalue weighted by Crippen LogP contribution is -2.25. The molecule has 2 aromatic rings. The standard InChI is InChI=1S/C15H12F2O/c16-13-7-3-6-12(14(13)17)15(18)9-8-10-4-1-2-5-11(10)15/h1-7,18H,8-9H2. The second-order valence-electron chi connectivity index (χ2n) is 4.62. The van der Waals surface area contributed by atoms with E-state index in [2.05, 4.69) is 0 Å². The van der Waals surface area contributed by atoms with Gasteiger partial charge in [0.2, 0.25) is 0 Å². The summed E-state index contributed by atoms with van der Waals surface area (Å²) in [5.74, 6) is -1.89. The predicted octanol–water partition coefficient (Wildman–Crippen LogP) is 3.15. The van der Waals surface area contributed by atoms with E-state index in [4.69, 9.17) is 0 Å². The Morgan fingerprint density at radius 2 is 1.67 bits per heavy atom. The van der Waals surface area contributed by atoms with Gasteiger partial charge in [-0.1, -0.05) is 36.4 Å². The van der Waals surface area contributed by atoms with Gasteiger partial charge in [-0.25, -0.2) is 8.78 Å². The molecule has 3 rings (SSSR count). The molecule has 1 unspecified atom stereocenters. The van der Waals surface area contributed by atoms with Crippen LogP contribution < -0.4 is 0 Å². The Kier molecular flexibility index (Phi) is 2.45. The van der Waals surface area contributed by atoms with E-state index in [1.54, 1.807) is 12.1 Å². The van der Waals surface area contributed by atoms with Crippen molar-refractivity contribution in [1.29, 1.82) is 0 Å². The average Bonchev–Trinajstić information content (AvgIpc) is 2.72. The summed E-state index contributed by atoms with van der Waals surface area (Å²) < 4.78 is 27.2. The molecule has 92 valence electrons. The lowest BCUT2D eigenvalue weighted by Gasteiger charge is -2.25. The molecule has 1 atom stereocenters. The Hall–Kier alpha value is -1.74. The third kappa shape index (κ3) is 1.47. The van der Waals surface area contributed by atoms with Gasteiger partial charge in [0.15, 0.2) is 11.6 Å². The Balaban J connectivity index is 2.21. The molecule has 0 saturated heterocycles. The van der Waals surface area contributed by atoms with Crippen LogP contribution in [0.3, 0.4) is 0 Å². The van der Waals surface area contributed by atoms with Crippen molar-refractivity contribution in [3.05, 3.63) is 70.8 Å². The molecule has 0 aliphatic heterocycles. The van der Waals surface area contributed by atoms with E-state index in [0.717, 1.165) is 11.6 Å². The number of fused-ring (bicyclic) bond motifs is 1. The van der Waals surface area contributed by atoms with E-state index < -0.39 is 17.2 Å². The summed E-state index contributed by atoms with van der Waals surface area (Å²) in [6.07, 6.45) is 1.05. The maximum absolute atomic E-state index is 13.9. The molecule has 0 spiro atoms. The van der Waals surface area contributed by atoms with Crippen LogP contribution in [-0.2, 0) is 12.0 Å². The number of rotatable bonds is 1. The molecule has 0 aromatic heterocycles. The zero-order chi connectivity index (χ0) is 12.8. The molecular weight excluding hydrogens is 234 g/mol. The molecular formula is C15H12F2O. The van der Waals surface area contributed by atoms with Crippen LogP contribution in [0.5, 0.6) is 0 Å². The van der Waals surface area contributed by atoms with E-state index in [1.807, 2.05) is 12.1 Å². The number of aryl methyl sites for hydroxylation is 1. The minimum Gasteiger partial charge on any atom is -0.380 e. The third-order valence-electron chi connectivity index (χ3n) is 3.62. The van der Waals surface area contributed by atoms with Gasteiger partial charge < -0.3 is 5.11 Å². The molecule has 2 aromatic carbocycles. The highest BCUT2D eigenvalue weighted by atomic mass is 19.2. The number of benzene rings is 2. The topological polar surface area (TPSA) is 20.2 Å². The lowest BCUT2D eigenvalue weighted by atomic mass is 9.87. The van der Waals surface area contributed by atoms with Gasteiger partial charge in [0.25, 0.3) is 0 Å². The van der Waals surface area contributed by atoms with Crippen molar-refractivity contribution < 1.29 is 13.9 Å². The maximum atomic E-state index is 13.9. The van der Waals surface area contributed by atoms with E-state index in [0.29, 0.717) is 18.4 Å². The summed E-state index contributed by atoms with van der Waals surface area (Å²) in [6.45, 7) is 0. The van der Waals surface area contributed by atoms with Gasteiger partial charge in [0, 0.05) is 5.56 Å². The summed E-state index contributed by atoms with van der Waals surface area (Å²) in [5, 5.41) is 10.7. The van der Waals surface area contributed by atoms with Crippen molar-refractivity contribution in [2.45, 2.75) is 18.4 Å². The van der Waals surface area contributed by atoms with Crippen molar-refractivity contribution >= 4 is 0 Å². The first-order valence-electron chi connectivity index (χ1n) is 5.88. The smallest absolute Gasteiger partial charge is 0.165 e. The van der Waals surface area contributed by atoms with Crippen LogP contribution in [-0.4, -0.2) is 5.11 Å². The molecule has 0 bridgehead atoms. The van der Waals surface area contributed by atoms with Crippen molar-refractivity contribution in [2.24, 2.45) is 0 Å². The molecule has 0 amide bonds. The first kappa shape index (κ1) is 11.4. The van der Waals surface area contributed by atoms with Gasteiger partial charge in [-0.2, -0.15) is 0 Å². The summed E-state index contributed by atoms with van der Waals surface area (Å²) >= 11 is 0. The van der Waals surface area contributed by atoms with Crippen molar-refractivity contribution in [1.82, 2.24) is 0 Å². The number of hydrogen-bond acceptors (Lipinski definition) is 1. The van der Waals surface area contributed by atoms with Crippen molar-refractivity contribution in [3.63, 3.8) is 0 Å². The van der Waals surface area contributed by atoms with Crippen LogP contribution >= 0.6 is 0 Å². The second kappa shape index (κ2) is 3.89. The van der Waals surface area contributed by atoms with Gasteiger partial charge in [-0.05, 0) is 30.0 Å². The van der Waals surface area contributed by atoms with E-state index in [1.165, 1.54) is 12.1 Å². The average molecular weight is 246 g/mol. The summed E-state index contributed by atoms with van der Waals surface area (Å²) in [6, 6.07) is 11.3. The fourth-order valence-corrected chi connectivity index (χ4v) is 2.69. The summed E-state index contributed by atoms with van der Waals surface area (Å²) in [4.78, 5) is 0. The summed E-state index contributed by atoms with van der Waals surface area (Å²) in [7, 11) is 0. The van der Waals surface area contributed by atoms with Crippen LogP contribution in [0.25, 0.3) is 0 Å². The fraction of sp³-hybridized carbons (Fsp3) is 0.200. The van der Waals surface area contributed by atoms with Gasteiger partial charge >= 0.3 is 0 Å². The molecule has 1 aliphatic carbocycles. The highest BCUT2D eigenvalue weighted by molar-refractivity contribution is 5.45. The van der Waals surface area contributed by atoms with Crippen LogP contribution in [0.15, 0.2) is 42.5 Å². The maximum Gasteiger partial charge on any atom is 0.165 e. The zero-order valence-corrected chi connectivity index (χ0v) is 9.66. The first-order chi connectivity index (χ1) is 8.63. The molecule has 0 radical (unpaired) electrons. The minimum atomic E-state index is -1.41. The largest absolute Gasteiger partial charge is 0.380 e. The molecule has 1 aliphatic rings. The van der Waals surface area contributed by atoms with Gasteiger partial charge in [-0.15, -0.1) is 0 Å². The summed E-state index contributed by atoms with van der Waals surface area (Å²) in [5.41, 5.74) is 0.272. The lowest BCUT2D eigenvalue weighted by molar-refractivity contribution is 0.0780. The van der Waals surface area contributed by atoms with Gasteiger partial charge in [0.05, 0.1) is 0 Å². The van der Waals surface area contributed by atoms with Crippen LogP contribution in [0.2, 0.25) is 0 Å². The Labute approximate surface area is 104 Å².